The molecule has 1 unspecified atom stereocenters. The topological polar surface area (TPSA) is 30.5 Å². The predicted octanol–water partition coefficient (Wildman–Crippen LogP) is 3.10. The van der Waals surface area contributed by atoms with Crippen LogP contribution in [-0.4, -0.2) is 26.1 Å². The third kappa shape index (κ3) is 5.38. The zero-order valence-corrected chi connectivity index (χ0v) is 11.1. The molecule has 0 aliphatic carbocycles. The van der Waals surface area contributed by atoms with Crippen molar-refractivity contribution >= 4 is 0 Å². The molecule has 1 fully saturated rings. The van der Waals surface area contributed by atoms with Crippen molar-refractivity contribution in [3.63, 3.8) is 0 Å². The molecular formula is C14H18F3NO2. The normalized spacial score (nSPS) is 19.2. The van der Waals surface area contributed by atoms with Crippen LogP contribution in [0.4, 0.5) is 13.2 Å². The minimum Gasteiger partial charge on any atom is -0.406 e. The molecule has 3 nitrogen and oxygen atoms in total. The summed E-state index contributed by atoms with van der Waals surface area (Å²) in [6, 6.07) is 5.92. The van der Waals surface area contributed by atoms with E-state index >= 15 is 0 Å². The summed E-state index contributed by atoms with van der Waals surface area (Å²) in [5, 5.41) is 3.28. The monoisotopic (exact) mass is 289 g/mol. The van der Waals surface area contributed by atoms with Gasteiger partial charge in [0, 0.05) is 19.8 Å². The molecule has 1 N–H and O–H groups in total. The molecule has 1 aliphatic heterocycles. The fourth-order valence-electron chi connectivity index (χ4n) is 2.16. The zero-order chi connectivity index (χ0) is 14.4. The average Bonchev–Trinajstić information content (AvgIpc) is 2.88. The Bertz CT molecular complexity index is 400. The second-order valence-corrected chi connectivity index (χ2v) is 4.89. The highest BCUT2D eigenvalue weighted by Gasteiger charge is 2.30. The van der Waals surface area contributed by atoms with Crippen molar-refractivity contribution in [2.24, 2.45) is 5.92 Å². The number of nitrogens with one attached hydrogen (secondary N) is 1. The Hall–Kier alpha value is -1.27. The van der Waals surface area contributed by atoms with Crippen LogP contribution in [0, 0.1) is 5.92 Å². The zero-order valence-electron chi connectivity index (χ0n) is 11.1. The first-order valence-electron chi connectivity index (χ1n) is 6.66. The van der Waals surface area contributed by atoms with Crippen LogP contribution in [0.2, 0.25) is 0 Å². The van der Waals surface area contributed by atoms with Gasteiger partial charge in [-0.25, -0.2) is 0 Å². The van der Waals surface area contributed by atoms with Gasteiger partial charge in [0.05, 0.1) is 0 Å². The van der Waals surface area contributed by atoms with Crippen molar-refractivity contribution < 1.29 is 22.6 Å². The van der Waals surface area contributed by atoms with E-state index in [0.717, 1.165) is 38.2 Å². The van der Waals surface area contributed by atoms with Crippen LogP contribution in [0.25, 0.3) is 0 Å². The molecule has 1 atom stereocenters. The lowest BCUT2D eigenvalue weighted by Crippen LogP contribution is -2.18. The average molecular weight is 289 g/mol. The van der Waals surface area contributed by atoms with E-state index in [0.29, 0.717) is 12.5 Å². The number of benzene rings is 1. The van der Waals surface area contributed by atoms with Crippen LogP contribution in [0.3, 0.4) is 0 Å². The van der Waals surface area contributed by atoms with Gasteiger partial charge in [0.15, 0.2) is 0 Å². The van der Waals surface area contributed by atoms with Gasteiger partial charge in [0.2, 0.25) is 0 Å². The van der Waals surface area contributed by atoms with Gasteiger partial charge in [-0.05, 0) is 43.0 Å². The molecule has 1 aromatic carbocycles. The molecule has 0 bridgehead atoms. The van der Waals surface area contributed by atoms with Gasteiger partial charge in [-0.1, -0.05) is 12.1 Å². The van der Waals surface area contributed by atoms with Gasteiger partial charge in [0.25, 0.3) is 0 Å². The van der Waals surface area contributed by atoms with Crippen LogP contribution in [-0.2, 0) is 11.3 Å². The van der Waals surface area contributed by atoms with E-state index in [1.165, 1.54) is 12.1 Å². The Morgan fingerprint density at radius 3 is 2.60 bits per heavy atom. The fourth-order valence-corrected chi connectivity index (χ4v) is 2.16. The van der Waals surface area contributed by atoms with E-state index in [1.807, 2.05) is 0 Å². The quantitative estimate of drug-likeness (QED) is 0.816. The smallest absolute Gasteiger partial charge is 0.406 e. The number of hydrogen-bond acceptors (Lipinski definition) is 3. The van der Waals surface area contributed by atoms with Crippen molar-refractivity contribution in [2.45, 2.75) is 25.7 Å². The summed E-state index contributed by atoms with van der Waals surface area (Å²) >= 11 is 0. The molecule has 2 rings (SSSR count). The lowest BCUT2D eigenvalue weighted by molar-refractivity contribution is -0.274. The highest BCUT2D eigenvalue weighted by atomic mass is 19.4. The fraction of sp³-hybridized carbons (Fsp3) is 0.571. The van der Waals surface area contributed by atoms with Crippen molar-refractivity contribution in [1.29, 1.82) is 0 Å². The molecule has 0 radical (unpaired) electrons. The predicted molar refractivity (Wildman–Crippen MR) is 68.4 cm³/mol. The maximum absolute atomic E-state index is 12.0. The molecule has 0 aromatic heterocycles. The molecule has 1 aromatic rings. The molecule has 20 heavy (non-hydrogen) atoms. The van der Waals surface area contributed by atoms with Crippen LogP contribution >= 0.6 is 0 Å². The maximum Gasteiger partial charge on any atom is 0.573 e. The Kier molecular flexibility index (Phi) is 5.25. The van der Waals surface area contributed by atoms with Gasteiger partial charge < -0.3 is 14.8 Å². The van der Waals surface area contributed by atoms with Gasteiger partial charge in [-0.2, -0.15) is 0 Å². The van der Waals surface area contributed by atoms with E-state index in [2.05, 4.69) is 10.1 Å². The number of hydrogen-bond donors (Lipinski definition) is 1. The Balaban J connectivity index is 1.68. The minimum atomic E-state index is -4.64. The highest BCUT2D eigenvalue weighted by molar-refractivity contribution is 5.27. The van der Waals surface area contributed by atoms with Crippen molar-refractivity contribution in [1.82, 2.24) is 5.32 Å². The van der Waals surface area contributed by atoms with Crippen LogP contribution in [0.15, 0.2) is 24.3 Å². The van der Waals surface area contributed by atoms with E-state index in [1.54, 1.807) is 12.1 Å². The Morgan fingerprint density at radius 1 is 1.25 bits per heavy atom. The summed E-state index contributed by atoms with van der Waals surface area (Å²) in [6.45, 7) is 3.21. The first-order chi connectivity index (χ1) is 9.53. The van der Waals surface area contributed by atoms with Crippen LogP contribution in [0.5, 0.6) is 5.75 Å². The van der Waals surface area contributed by atoms with Crippen molar-refractivity contribution in [2.75, 3.05) is 19.8 Å². The van der Waals surface area contributed by atoms with Crippen LogP contribution in [0.1, 0.15) is 18.4 Å². The standard InChI is InChI=1S/C14H18F3NO2/c15-14(16,17)20-13-3-1-11(2-4-13)9-18-7-5-12-6-8-19-10-12/h1-4,12,18H,5-10H2. The van der Waals surface area contributed by atoms with Crippen molar-refractivity contribution in [3.8, 4) is 5.75 Å². The molecule has 6 heteroatoms. The van der Waals surface area contributed by atoms with E-state index in [9.17, 15) is 13.2 Å². The summed E-state index contributed by atoms with van der Waals surface area (Å²) in [6.07, 6.45) is -2.45. The summed E-state index contributed by atoms with van der Waals surface area (Å²) < 4.78 is 45.1. The summed E-state index contributed by atoms with van der Waals surface area (Å²) in [4.78, 5) is 0. The molecule has 1 saturated heterocycles. The number of halogens is 3. The van der Waals surface area contributed by atoms with E-state index in [-0.39, 0.29) is 5.75 Å². The van der Waals surface area contributed by atoms with Gasteiger partial charge in [-0.3, -0.25) is 0 Å². The van der Waals surface area contributed by atoms with Crippen LogP contribution < -0.4 is 10.1 Å². The molecule has 1 aliphatic rings. The second-order valence-electron chi connectivity index (χ2n) is 4.89. The van der Waals surface area contributed by atoms with Crippen molar-refractivity contribution in [3.05, 3.63) is 29.8 Å². The van der Waals surface area contributed by atoms with E-state index < -0.39 is 6.36 Å². The SMILES string of the molecule is FC(F)(F)Oc1ccc(CNCCC2CCOC2)cc1. The molecule has 0 saturated carbocycles. The lowest BCUT2D eigenvalue weighted by atomic mass is 10.1. The second kappa shape index (κ2) is 6.95. The highest BCUT2D eigenvalue weighted by Crippen LogP contribution is 2.22. The molecule has 0 spiro atoms. The minimum absolute atomic E-state index is 0.190. The summed E-state index contributed by atoms with van der Waals surface area (Å²) in [5.41, 5.74) is 0.933. The third-order valence-corrected chi connectivity index (χ3v) is 3.24. The number of alkyl halides is 3. The lowest BCUT2D eigenvalue weighted by Gasteiger charge is -2.10. The Morgan fingerprint density at radius 2 is 2.00 bits per heavy atom. The molecule has 1 heterocycles. The molecule has 0 amide bonds. The number of rotatable bonds is 6. The van der Waals surface area contributed by atoms with Gasteiger partial charge >= 0.3 is 6.36 Å². The van der Waals surface area contributed by atoms with Gasteiger partial charge in [-0.15, -0.1) is 13.2 Å². The number of ether oxygens (including phenoxy) is 2. The van der Waals surface area contributed by atoms with E-state index in [4.69, 9.17) is 4.74 Å². The molecular weight excluding hydrogens is 271 g/mol. The third-order valence-electron chi connectivity index (χ3n) is 3.24. The first kappa shape index (κ1) is 15.1. The summed E-state index contributed by atoms with van der Waals surface area (Å²) in [7, 11) is 0. The summed E-state index contributed by atoms with van der Waals surface area (Å²) in [5.74, 6) is 0.439. The first-order valence-corrected chi connectivity index (χ1v) is 6.66. The largest absolute Gasteiger partial charge is 0.573 e. The molecule has 112 valence electrons. The maximum atomic E-state index is 12.0. The Labute approximate surface area is 116 Å². The van der Waals surface area contributed by atoms with Gasteiger partial charge in [0.1, 0.15) is 5.75 Å².